The smallest absolute Gasteiger partial charge is 0.305 e. The number of alkyl halides is 3. The second-order valence-electron chi connectivity index (χ2n) is 5.47. The van der Waals surface area contributed by atoms with E-state index in [1.165, 1.54) is 16.2 Å². The van der Waals surface area contributed by atoms with E-state index in [1.54, 1.807) is 5.01 Å². The third kappa shape index (κ3) is 2.94. The van der Waals surface area contributed by atoms with Crippen LogP contribution >= 0.6 is 11.3 Å². The largest absolute Gasteiger partial charge is 0.471 e. The van der Waals surface area contributed by atoms with Gasteiger partial charge in [0.05, 0.1) is 11.7 Å². The molecule has 3 rings (SSSR count). The zero-order chi connectivity index (χ0) is 15.9. The van der Waals surface area contributed by atoms with Gasteiger partial charge in [0.15, 0.2) is 0 Å². The zero-order valence-corrected chi connectivity index (χ0v) is 12.7. The highest BCUT2D eigenvalue weighted by atomic mass is 32.1. The van der Waals surface area contributed by atoms with Crippen LogP contribution in [0.15, 0.2) is 5.10 Å². The van der Waals surface area contributed by atoms with Crippen molar-refractivity contribution in [2.75, 3.05) is 5.01 Å². The van der Waals surface area contributed by atoms with Gasteiger partial charge >= 0.3 is 12.1 Å². The van der Waals surface area contributed by atoms with Crippen molar-refractivity contribution in [2.45, 2.75) is 51.2 Å². The number of hydrazone groups is 1. The predicted molar refractivity (Wildman–Crippen MR) is 76.9 cm³/mol. The third-order valence-electron chi connectivity index (χ3n) is 3.68. The van der Waals surface area contributed by atoms with Crippen LogP contribution in [0, 0.1) is 0 Å². The first-order valence-corrected chi connectivity index (χ1v) is 7.89. The van der Waals surface area contributed by atoms with E-state index in [0.29, 0.717) is 5.13 Å². The molecule has 1 unspecified atom stereocenters. The van der Waals surface area contributed by atoms with Crippen LogP contribution < -0.4 is 10.3 Å². The van der Waals surface area contributed by atoms with E-state index < -0.39 is 12.1 Å². The first kappa shape index (κ1) is 15.3. The van der Waals surface area contributed by atoms with Gasteiger partial charge in [0, 0.05) is 11.3 Å². The molecule has 2 heterocycles. The average molecular weight is 332 g/mol. The van der Waals surface area contributed by atoms with E-state index in [1.807, 2.05) is 12.2 Å². The number of aromatic nitrogens is 1. The maximum atomic E-state index is 12.3. The molecule has 1 aromatic rings. The van der Waals surface area contributed by atoms with Gasteiger partial charge < -0.3 is 5.32 Å². The van der Waals surface area contributed by atoms with Crippen molar-refractivity contribution in [3.05, 3.63) is 10.6 Å². The molecule has 1 aliphatic heterocycles. The minimum Gasteiger partial charge on any atom is -0.305 e. The Kier molecular flexibility index (Phi) is 3.84. The van der Waals surface area contributed by atoms with E-state index in [2.05, 4.69) is 10.1 Å². The average Bonchev–Trinajstić information content (AvgIpc) is 3.00. The molecule has 0 saturated heterocycles. The number of rotatable bonds is 1. The summed E-state index contributed by atoms with van der Waals surface area (Å²) in [6.45, 7) is 1.84. The number of amides is 1. The van der Waals surface area contributed by atoms with E-state index in [9.17, 15) is 18.0 Å². The predicted octanol–water partition coefficient (Wildman–Crippen LogP) is 2.61. The monoisotopic (exact) mass is 332 g/mol. The van der Waals surface area contributed by atoms with Crippen molar-refractivity contribution < 1.29 is 18.0 Å². The number of amidine groups is 1. The standard InChI is InChI=1S/C13H15F3N4OS/c1-7-6-10(18-11(21)13(14,15)16)19-20(7)12-17-8-4-2-3-5-9(8)22-12/h7H,2-6H2,1H3,(H,18,19,21). The second kappa shape index (κ2) is 5.53. The van der Waals surface area contributed by atoms with Crippen molar-refractivity contribution >= 4 is 28.2 Å². The molecule has 1 amide bonds. The van der Waals surface area contributed by atoms with Crippen LogP contribution in [-0.4, -0.2) is 28.9 Å². The van der Waals surface area contributed by atoms with Crippen LogP contribution in [0.3, 0.4) is 0 Å². The lowest BCUT2D eigenvalue weighted by molar-refractivity contribution is -0.171. The van der Waals surface area contributed by atoms with Gasteiger partial charge in [-0.25, -0.2) is 9.99 Å². The minimum atomic E-state index is -4.90. The molecule has 0 spiro atoms. The normalized spacial score (nSPS) is 21.5. The highest BCUT2D eigenvalue weighted by molar-refractivity contribution is 7.15. The van der Waals surface area contributed by atoms with Gasteiger partial charge in [-0.3, -0.25) is 4.79 Å². The molecule has 0 radical (unpaired) electrons. The number of carbonyl (C=O) groups is 1. The number of nitrogens with one attached hydrogen (secondary N) is 1. The van der Waals surface area contributed by atoms with Crippen LogP contribution in [0.5, 0.6) is 0 Å². The highest BCUT2D eigenvalue weighted by Crippen LogP contribution is 2.34. The van der Waals surface area contributed by atoms with Crippen molar-refractivity contribution in [3.63, 3.8) is 0 Å². The van der Waals surface area contributed by atoms with Crippen molar-refractivity contribution in [1.82, 2.24) is 10.3 Å². The fourth-order valence-corrected chi connectivity index (χ4v) is 3.78. The van der Waals surface area contributed by atoms with Gasteiger partial charge in [-0.2, -0.15) is 18.3 Å². The highest BCUT2D eigenvalue weighted by Gasteiger charge is 2.40. The summed E-state index contributed by atoms with van der Waals surface area (Å²) in [5.41, 5.74) is 1.07. The van der Waals surface area contributed by atoms with Gasteiger partial charge in [0.2, 0.25) is 5.13 Å². The molecular weight excluding hydrogens is 317 g/mol. The molecule has 5 nitrogen and oxygen atoms in total. The molecule has 0 saturated carbocycles. The number of hydrogen-bond acceptors (Lipinski definition) is 5. The summed E-state index contributed by atoms with van der Waals surface area (Å²) < 4.78 is 36.9. The Hall–Kier alpha value is -1.64. The number of fused-ring (bicyclic) bond motifs is 1. The second-order valence-corrected chi connectivity index (χ2v) is 6.53. The summed E-state index contributed by atoms with van der Waals surface area (Å²) in [5, 5.41) is 8.23. The van der Waals surface area contributed by atoms with Crippen molar-refractivity contribution in [2.24, 2.45) is 5.10 Å². The molecular formula is C13H15F3N4OS. The summed E-state index contributed by atoms with van der Waals surface area (Å²) >= 11 is 1.54. The lowest BCUT2D eigenvalue weighted by Gasteiger charge is -2.15. The Morgan fingerprint density at radius 2 is 2.09 bits per heavy atom. The van der Waals surface area contributed by atoms with Crippen LogP contribution in [0.4, 0.5) is 18.3 Å². The molecule has 0 fully saturated rings. The fourth-order valence-electron chi connectivity index (χ4n) is 2.58. The maximum Gasteiger partial charge on any atom is 0.471 e. The molecule has 22 heavy (non-hydrogen) atoms. The summed E-state index contributed by atoms with van der Waals surface area (Å²) in [5.74, 6) is -1.96. The molecule has 120 valence electrons. The molecule has 0 aromatic carbocycles. The van der Waals surface area contributed by atoms with Gasteiger partial charge in [-0.1, -0.05) is 11.3 Å². The molecule has 2 aliphatic rings. The Morgan fingerprint density at radius 3 is 2.77 bits per heavy atom. The summed E-state index contributed by atoms with van der Waals surface area (Å²) in [6, 6.07) is -0.129. The first-order valence-electron chi connectivity index (χ1n) is 7.08. The maximum absolute atomic E-state index is 12.3. The van der Waals surface area contributed by atoms with Crippen LogP contribution in [0.2, 0.25) is 0 Å². The minimum absolute atomic E-state index is 0.0306. The fraction of sp³-hybridized carbons (Fsp3) is 0.615. The topological polar surface area (TPSA) is 57.6 Å². The van der Waals surface area contributed by atoms with Crippen LogP contribution in [-0.2, 0) is 17.6 Å². The lowest BCUT2D eigenvalue weighted by Crippen LogP contribution is -2.40. The van der Waals surface area contributed by atoms with Crippen LogP contribution in [0.25, 0.3) is 0 Å². The number of halogens is 3. The third-order valence-corrected chi connectivity index (χ3v) is 4.83. The number of thiazole rings is 1. The lowest BCUT2D eigenvalue weighted by atomic mass is 10.0. The SMILES string of the molecule is CC1CC(NC(=O)C(F)(F)F)=NN1c1nc2c(s1)CCCC2. The number of nitrogens with zero attached hydrogens (tertiary/aromatic N) is 3. The zero-order valence-electron chi connectivity index (χ0n) is 11.9. The van der Waals surface area contributed by atoms with Gasteiger partial charge in [-0.05, 0) is 32.6 Å². The van der Waals surface area contributed by atoms with Gasteiger partial charge in [0.25, 0.3) is 0 Å². The van der Waals surface area contributed by atoms with E-state index in [4.69, 9.17) is 0 Å². The Bertz CT molecular complexity index is 602. The number of aryl methyl sites for hydroxylation is 2. The molecule has 9 heteroatoms. The summed E-state index contributed by atoms with van der Waals surface area (Å²) in [6.07, 6.45) is -0.459. The molecule has 1 N–H and O–H groups in total. The quantitative estimate of drug-likeness (QED) is 0.860. The number of anilines is 1. The Balaban J connectivity index is 1.77. The van der Waals surface area contributed by atoms with E-state index in [0.717, 1.165) is 31.4 Å². The molecule has 1 atom stereocenters. The van der Waals surface area contributed by atoms with Gasteiger partial charge in [0.1, 0.15) is 5.84 Å². The molecule has 1 aliphatic carbocycles. The summed E-state index contributed by atoms with van der Waals surface area (Å²) in [4.78, 5) is 16.8. The summed E-state index contributed by atoms with van der Waals surface area (Å²) in [7, 11) is 0. The van der Waals surface area contributed by atoms with E-state index in [-0.39, 0.29) is 18.3 Å². The molecule has 1 aromatic heterocycles. The van der Waals surface area contributed by atoms with E-state index >= 15 is 0 Å². The number of carbonyl (C=O) groups excluding carboxylic acids is 1. The van der Waals surface area contributed by atoms with Crippen molar-refractivity contribution in [3.8, 4) is 0 Å². The van der Waals surface area contributed by atoms with Crippen LogP contribution in [0.1, 0.15) is 36.8 Å². The Labute approximate surface area is 129 Å². The van der Waals surface area contributed by atoms with Gasteiger partial charge in [-0.15, -0.1) is 0 Å². The molecule has 0 bridgehead atoms. The Morgan fingerprint density at radius 1 is 1.36 bits per heavy atom. The first-order chi connectivity index (χ1) is 10.3. The number of hydrogen-bond donors (Lipinski definition) is 1. The van der Waals surface area contributed by atoms with Crippen molar-refractivity contribution in [1.29, 1.82) is 0 Å².